The number of rotatable bonds is 5. The van der Waals surface area contributed by atoms with Gasteiger partial charge in [0.1, 0.15) is 0 Å². The number of hydrogen-bond acceptors (Lipinski definition) is 6. The van der Waals surface area contributed by atoms with Crippen molar-refractivity contribution in [1.29, 1.82) is 0 Å². The number of thiazole rings is 1. The Bertz CT molecular complexity index is 1130. The predicted molar refractivity (Wildman–Crippen MR) is 128 cm³/mol. The lowest BCUT2D eigenvalue weighted by atomic mass is 9.87. The Morgan fingerprint density at radius 2 is 1.73 bits per heavy atom. The van der Waals surface area contributed by atoms with E-state index in [1.54, 1.807) is 21.9 Å². The molecule has 0 spiro atoms. The molecule has 0 aliphatic carbocycles. The van der Waals surface area contributed by atoms with Gasteiger partial charge in [0, 0.05) is 44.5 Å². The van der Waals surface area contributed by atoms with Crippen LogP contribution in [0.5, 0.6) is 0 Å². The van der Waals surface area contributed by atoms with Gasteiger partial charge in [-0.1, -0.05) is 32.9 Å². The van der Waals surface area contributed by atoms with Gasteiger partial charge in [-0.05, 0) is 29.5 Å². The Kier molecular flexibility index (Phi) is 6.61. The zero-order valence-corrected chi connectivity index (χ0v) is 20.9. The highest BCUT2D eigenvalue weighted by molar-refractivity contribution is 7.89. The molecule has 2 aliphatic rings. The first-order valence-electron chi connectivity index (χ1n) is 11.2. The number of anilines is 1. The summed E-state index contributed by atoms with van der Waals surface area (Å²) in [4.78, 5) is 32.8. The van der Waals surface area contributed by atoms with Crippen LogP contribution in [0.1, 0.15) is 44.9 Å². The highest BCUT2D eigenvalue weighted by atomic mass is 32.2. The van der Waals surface area contributed by atoms with Crippen molar-refractivity contribution >= 4 is 38.3 Å². The smallest absolute Gasteiger partial charge is 0.243 e. The van der Waals surface area contributed by atoms with Gasteiger partial charge in [-0.2, -0.15) is 4.31 Å². The van der Waals surface area contributed by atoms with E-state index in [9.17, 15) is 18.0 Å². The molecule has 0 N–H and O–H groups in total. The zero-order valence-electron chi connectivity index (χ0n) is 19.3. The van der Waals surface area contributed by atoms with Crippen LogP contribution in [-0.2, 0) is 31.4 Å². The lowest BCUT2D eigenvalue weighted by Crippen LogP contribution is -2.50. The molecular formula is C23H30N4O4S2. The summed E-state index contributed by atoms with van der Waals surface area (Å²) < 4.78 is 27.6. The molecule has 0 unspecified atom stereocenters. The van der Waals surface area contributed by atoms with Crippen LogP contribution in [-0.4, -0.2) is 67.1 Å². The van der Waals surface area contributed by atoms with Crippen LogP contribution in [0.2, 0.25) is 0 Å². The first-order chi connectivity index (χ1) is 15.6. The molecular weight excluding hydrogens is 460 g/mol. The minimum atomic E-state index is -3.60. The molecule has 2 aromatic rings. The number of carbonyl (C=O) groups excluding carboxylic acids is 2. The summed E-state index contributed by atoms with van der Waals surface area (Å²) >= 11 is 1.38. The second kappa shape index (κ2) is 9.15. The Morgan fingerprint density at radius 3 is 2.30 bits per heavy atom. The number of nitrogens with zero attached hydrogens (tertiary/aromatic N) is 4. The molecule has 2 aliphatic heterocycles. The van der Waals surface area contributed by atoms with Crippen LogP contribution in [0.4, 0.5) is 5.13 Å². The van der Waals surface area contributed by atoms with Gasteiger partial charge in [0.15, 0.2) is 5.13 Å². The first kappa shape index (κ1) is 23.8. The van der Waals surface area contributed by atoms with Gasteiger partial charge in [0.25, 0.3) is 0 Å². The molecule has 1 aromatic heterocycles. The molecule has 2 amide bonds. The number of carbonyl (C=O) groups is 2. The number of amides is 2. The molecule has 0 radical (unpaired) electrons. The Labute approximate surface area is 199 Å². The third-order valence-corrected chi connectivity index (χ3v) is 8.95. The maximum Gasteiger partial charge on any atom is 0.243 e. The van der Waals surface area contributed by atoms with Crippen molar-refractivity contribution in [3.63, 3.8) is 0 Å². The fourth-order valence-electron chi connectivity index (χ4n) is 4.07. The van der Waals surface area contributed by atoms with E-state index in [0.717, 1.165) is 12.0 Å². The summed E-state index contributed by atoms with van der Waals surface area (Å²) in [6, 6.07) is 7.06. The minimum Gasteiger partial charge on any atom is -0.340 e. The van der Waals surface area contributed by atoms with Gasteiger partial charge < -0.3 is 4.90 Å². The second-order valence-electron chi connectivity index (χ2n) is 9.51. The monoisotopic (exact) mass is 490 g/mol. The first-order valence-corrected chi connectivity index (χ1v) is 13.5. The van der Waals surface area contributed by atoms with E-state index in [4.69, 9.17) is 0 Å². The van der Waals surface area contributed by atoms with Crippen molar-refractivity contribution in [2.75, 3.05) is 37.6 Å². The number of benzene rings is 1. The van der Waals surface area contributed by atoms with Crippen molar-refractivity contribution in [1.82, 2.24) is 14.2 Å². The Balaban J connectivity index is 1.34. The summed E-state index contributed by atoms with van der Waals surface area (Å²) in [5.74, 6) is -0.00113. The maximum atomic E-state index is 13.1. The summed E-state index contributed by atoms with van der Waals surface area (Å²) in [5.41, 5.74) is 1.68. The number of sulfonamides is 1. The van der Waals surface area contributed by atoms with Crippen molar-refractivity contribution in [2.24, 2.45) is 0 Å². The van der Waals surface area contributed by atoms with Gasteiger partial charge in [-0.15, -0.1) is 11.3 Å². The van der Waals surface area contributed by atoms with E-state index in [1.165, 1.54) is 15.6 Å². The number of piperazine rings is 1. The largest absolute Gasteiger partial charge is 0.340 e. The molecule has 0 atom stereocenters. The minimum absolute atomic E-state index is 0.0453. The Hall–Kier alpha value is -2.30. The standard InChI is InChI=1S/C23H30N4O4S2/c1-23(2,3)17-6-8-19(9-7-17)33(30,31)26-13-11-25(12-14-26)21(29)15-18-16-32-22(24-18)27-10-4-5-20(27)28/h6-9,16H,4-5,10-15H2,1-3H3. The number of hydrogen-bond donors (Lipinski definition) is 0. The van der Waals surface area contributed by atoms with E-state index < -0.39 is 10.0 Å². The predicted octanol–water partition coefficient (Wildman–Crippen LogP) is 2.64. The Morgan fingerprint density at radius 1 is 1.06 bits per heavy atom. The normalized spacial score (nSPS) is 18.2. The fourth-order valence-corrected chi connectivity index (χ4v) is 6.36. The van der Waals surface area contributed by atoms with Crippen LogP contribution in [0, 0.1) is 0 Å². The molecule has 2 fully saturated rings. The SMILES string of the molecule is CC(C)(C)c1ccc(S(=O)(=O)N2CCN(C(=O)Cc3csc(N4CCCC4=O)n3)CC2)cc1. The molecule has 4 rings (SSSR count). The van der Waals surface area contributed by atoms with E-state index >= 15 is 0 Å². The van der Waals surface area contributed by atoms with Crippen molar-refractivity contribution in [2.45, 2.75) is 50.3 Å². The van der Waals surface area contributed by atoms with E-state index in [-0.39, 0.29) is 41.6 Å². The molecule has 10 heteroatoms. The van der Waals surface area contributed by atoms with Crippen LogP contribution in [0.3, 0.4) is 0 Å². The lowest BCUT2D eigenvalue weighted by Gasteiger charge is -2.34. The molecule has 2 saturated heterocycles. The lowest BCUT2D eigenvalue weighted by molar-refractivity contribution is -0.131. The van der Waals surface area contributed by atoms with Gasteiger partial charge in [-0.25, -0.2) is 13.4 Å². The van der Waals surface area contributed by atoms with E-state index in [0.29, 0.717) is 36.9 Å². The third kappa shape index (κ3) is 5.12. The fraction of sp³-hybridized carbons (Fsp3) is 0.522. The van der Waals surface area contributed by atoms with Gasteiger partial charge >= 0.3 is 0 Å². The van der Waals surface area contributed by atoms with Crippen LogP contribution >= 0.6 is 11.3 Å². The molecule has 178 valence electrons. The highest BCUT2D eigenvalue weighted by Gasteiger charge is 2.31. The van der Waals surface area contributed by atoms with Crippen molar-refractivity contribution < 1.29 is 18.0 Å². The zero-order chi connectivity index (χ0) is 23.8. The van der Waals surface area contributed by atoms with Crippen LogP contribution < -0.4 is 4.90 Å². The average Bonchev–Trinajstić information content (AvgIpc) is 3.41. The third-order valence-electron chi connectivity index (χ3n) is 6.13. The van der Waals surface area contributed by atoms with Crippen molar-refractivity contribution in [3.05, 3.63) is 40.9 Å². The second-order valence-corrected chi connectivity index (χ2v) is 12.3. The molecule has 0 saturated carbocycles. The average molecular weight is 491 g/mol. The molecule has 0 bridgehead atoms. The molecule has 1 aromatic carbocycles. The molecule has 3 heterocycles. The van der Waals surface area contributed by atoms with E-state index in [2.05, 4.69) is 25.8 Å². The van der Waals surface area contributed by atoms with Gasteiger partial charge in [0.2, 0.25) is 21.8 Å². The molecule has 8 nitrogen and oxygen atoms in total. The summed E-state index contributed by atoms with van der Waals surface area (Å²) in [7, 11) is -3.60. The quantitative estimate of drug-likeness (QED) is 0.643. The van der Waals surface area contributed by atoms with E-state index in [1.807, 2.05) is 17.5 Å². The van der Waals surface area contributed by atoms with Crippen LogP contribution in [0.15, 0.2) is 34.5 Å². The van der Waals surface area contributed by atoms with Crippen molar-refractivity contribution in [3.8, 4) is 0 Å². The van der Waals surface area contributed by atoms with Gasteiger partial charge in [0.05, 0.1) is 17.0 Å². The van der Waals surface area contributed by atoms with Crippen LogP contribution in [0.25, 0.3) is 0 Å². The summed E-state index contributed by atoms with van der Waals surface area (Å²) in [5, 5.41) is 2.47. The number of aromatic nitrogens is 1. The summed E-state index contributed by atoms with van der Waals surface area (Å²) in [6.45, 7) is 8.16. The summed E-state index contributed by atoms with van der Waals surface area (Å²) in [6.07, 6.45) is 1.53. The highest BCUT2D eigenvalue weighted by Crippen LogP contribution is 2.27. The van der Waals surface area contributed by atoms with Gasteiger partial charge in [-0.3, -0.25) is 14.5 Å². The topological polar surface area (TPSA) is 90.9 Å². The maximum absolute atomic E-state index is 13.1. The molecule has 33 heavy (non-hydrogen) atoms.